The molecule has 0 heterocycles. The largest absolute Gasteiger partial charge is 0.497 e. The highest BCUT2D eigenvalue weighted by Crippen LogP contribution is 2.35. The predicted molar refractivity (Wildman–Crippen MR) is 88.2 cm³/mol. The van der Waals surface area contributed by atoms with Gasteiger partial charge < -0.3 is 9.47 Å². The zero-order chi connectivity index (χ0) is 17.9. The Kier molecular flexibility index (Phi) is 4.93. The molecular weight excluding hydrogens is 336 g/mol. The van der Waals surface area contributed by atoms with Crippen molar-refractivity contribution in [1.82, 2.24) is 0 Å². The molecule has 2 aromatic carbocycles. The van der Waals surface area contributed by atoms with Crippen LogP contribution in [0.15, 0.2) is 47.4 Å². The number of nitro benzene ring substituents is 1. The van der Waals surface area contributed by atoms with Gasteiger partial charge >= 0.3 is 0 Å². The lowest BCUT2D eigenvalue weighted by Gasteiger charge is -2.22. The van der Waals surface area contributed by atoms with Gasteiger partial charge in [0.25, 0.3) is 15.7 Å². The number of rotatable bonds is 6. The zero-order valence-corrected chi connectivity index (χ0v) is 14.1. The molecule has 2 aromatic rings. The van der Waals surface area contributed by atoms with Gasteiger partial charge in [0.05, 0.1) is 29.7 Å². The van der Waals surface area contributed by atoms with Crippen LogP contribution in [0.25, 0.3) is 0 Å². The predicted octanol–water partition coefficient (Wildman–Crippen LogP) is 2.44. The molecule has 0 N–H and O–H groups in total. The number of hydrogen-bond donors (Lipinski definition) is 0. The molecule has 0 atom stereocenters. The summed E-state index contributed by atoms with van der Waals surface area (Å²) >= 11 is 0. The molecule has 0 bridgehead atoms. The highest BCUT2D eigenvalue weighted by molar-refractivity contribution is 7.92. The van der Waals surface area contributed by atoms with Crippen LogP contribution in [0.3, 0.4) is 0 Å². The highest BCUT2D eigenvalue weighted by atomic mass is 32.2. The van der Waals surface area contributed by atoms with Crippen molar-refractivity contribution < 1.29 is 22.8 Å². The van der Waals surface area contributed by atoms with Gasteiger partial charge in [0, 0.05) is 25.2 Å². The molecule has 0 amide bonds. The van der Waals surface area contributed by atoms with Gasteiger partial charge in [-0.2, -0.15) is 0 Å². The number of nitrogens with zero attached hydrogens (tertiary/aromatic N) is 2. The molecule has 0 radical (unpaired) electrons. The summed E-state index contributed by atoms with van der Waals surface area (Å²) in [6, 6.07) is 9.58. The molecule has 0 fully saturated rings. The van der Waals surface area contributed by atoms with Crippen molar-refractivity contribution in [3.8, 4) is 11.5 Å². The third-order valence-corrected chi connectivity index (χ3v) is 5.18. The zero-order valence-electron chi connectivity index (χ0n) is 13.3. The van der Waals surface area contributed by atoms with Crippen LogP contribution < -0.4 is 13.8 Å². The van der Waals surface area contributed by atoms with E-state index in [4.69, 9.17) is 9.47 Å². The Balaban J connectivity index is 2.54. The van der Waals surface area contributed by atoms with Gasteiger partial charge in [0.15, 0.2) is 0 Å². The average Bonchev–Trinajstić information content (AvgIpc) is 2.60. The van der Waals surface area contributed by atoms with Crippen molar-refractivity contribution in [3.05, 3.63) is 52.6 Å². The fourth-order valence-electron chi connectivity index (χ4n) is 2.09. The molecule has 0 unspecified atom stereocenters. The summed E-state index contributed by atoms with van der Waals surface area (Å²) in [5.74, 6) is 0.777. The number of hydrogen-bond acceptors (Lipinski definition) is 6. The fourth-order valence-corrected chi connectivity index (χ4v) is 3.33. The van der Waals surface area contributed by atoms with Crippen molar-refractivity contribution in [2.24, 2.45) is 0 Å². The van der Waals surface area contributed by atoms with Crippen LogP contribution in [0.4, 0.5) is 11.4 Å². The van der Waals surface area contributed by atoms with Gasteiger partial charge in [-0.25, -0.2) is 8.42 Å². The Bertz CT molecular complexity index is 866. The van der Waals surface area contributed by atoms with Gasteiger partial charge in [0.1, 0.15) is 11.5 Å². The second-order valence-electron chi connectivity index (χ2n) is 4.76. The second kappa shape index (κ2) is 6.75. The topological polar surface area (TPSA) is 99.0 Å². The van der Waals surface area contributed by atoms with Gasteiger partial charge in [0.2, 0.25) is 0 Å². The SMILES string of the molecule is COc1ccc(OC)c(N(C)S(=O)(=O)c2cccc([N+](=O)[O-])c2)c1. The van der Waals surface area contributed by atoms with Gasteiger partial charge in [-0.15, -0.1) is 0 Å². The van der Waals surface area contributed by atoms with Crippen molar-refractivity contribution in [3.63, 3.8) is 0 Å². The van der Waals surface area contributed by atoms with Gasteiger partial charge in [-0.3, -0.25) is 14.4 Å². The molecule has 2 rings (SSSR count). The Morgan fingerprint density at radius 2 is 1.79 bits per heavy atom. The van der Waals surface area contributed by atoms with E-state index < -0.39 is 14.9 Å². The number of benzene rings is 2. The van der Waals surface area contributed by atoms with E-state index in [1.165, 1.54) is 45.5 Å². The molecule has 0 aliphatic carbocycles. The third-order valence-electron chi connectivity index (χ3n) is 3.41. The first-order valence-electron chi connectivity index (χ1n) is 6.76. The van der Waals surface area contributed by atoms with Crippen molar-refractivity contribution in [1.29, 1.82) is 0 Å². The Hall–Kier alpha value is -2.81. The monoisotopic (exact) mass is 352 g/mol. The number of anilines is 1. The normalized spacial score (nSPS) is 11.0. The van der Waals surface area contributed by atoms with Crippen LogP contribution >= 0.6 is 0 Å². The van der Waals surface area contributed by atoms with Crippen LogP contribution in [0.1, 0.15) is 0 Å². The first-order valence-corrected chi connectivity index (χ1v) is 8.20. The van der Waals surface area contributed by atoms with E-state index in [0.717, 1.165) is 10.4 Å². The van der Waals surface area contributed by atoms with Crippen molar-refractivity contribution >= 4 is 21.4 Å². The number of methoxy groups -OCH3 is 2. The molecule has 8 nitrogen and oxygen atoms in total. The molecule has 0 aliphatic rings. The first kappa shape index (κ1) is 17.5. The minimum absolute atomic E-state index is 0.191. The number of nitro groups is 1. The van der Waals surface area contributed by atoms with Gasteiger partial charge in [-0.1, -0.05) is 6.07 Å². The summed E-state index contributed by atoms with van der Waals surface area (Å²) in [4.78, 5) is 10.0. The molecule has 0 aliphatic heterocycles. The quantitative estimate of drug-likeness (QED) is 0.585. The number of ether oxygens (including phenoxy) is 2. The third kappa shape index (κ3) is 3.25. The van der Waals surface area contributed by atoms with Gasteiger partial charge in [-0.05, 0) is 18.2 Å². The van der Waals surface area contributed by atoms with Crippen molar-refractivity contribution in [2.75, 3.05) is 25.6 Å². The Labute approximate surface area is 139 Å². The minimum atomic E-state index is -4.01. The lowest BCUT2D eigenvalue weighted by molar-refractivity contribution is -0.385. The molecular formula is C15H16N2O6S. The summed E-state index contributed by atoms with van der Waals surface area (Å²) in [7, 11) is 0.201. The minimum Gasteiger partial charge on any atom is -0.497 e. The Morgan fingerprint density at radius 3 is 2.38 bits per heavy atom. The van der Waals surface area contributed by atoms with E-state index in [2.05, 4.69) is 0 Å². The first-order chi connectivity index (χ1) is 11.3. The van der Waals surface area contributed by atoms with Crippen molar-refractivity contribution in [2.45, 2.75) is 4.90 Å². The number of non-ortho nitro benzene ring substituents is 1. The molecule has 0 saturated heterocycles. The maximum absolute atomic E-state index is 12.8. The van der Waals surface area contributed by atoms with E-state index in [0.29, 0.717) is 11.5 Å². The summed E-state index contributed by atoms with van der Waals surface area (Å²) < 4.78 is 36.9. The summed E-state index contributed by atoms with van der Waals surface area (Å²) in [5.41, 5.74) is -0.0505. The smallest absolute Gasteiger partial charge is 0.270 e. The summed E-state index contributed by atoms with van der Waals surface area (Å²) in [6.45, 7) is 0. The van der Waals surface area contributed by atoms with Crippen LogP contribution in [-0.4, -0.2) is 34.6 Å². The van der Waals surface area contributed by atoms with Crippen LogP contribution in [0, 0.1) is 10.1 Å². The standard InChI is InChI=1S/C15H16N2O6S/c1-16(14-10-12(22-2)7-8-15(14)23-3)24(20,21)13-6-4-5-11(9-13)17(18)19/h4-10H,1-3H3. The lowest BCUT2D eigenvalue weighted by Crippen LogP contribution is -2.27. The van der Waals surface area contributed by atoms with Crippen LogP contribution in [-0.2, 0) is 10.0 Å². The second-order valence-corrected chi connectivity index (χ2v) is 6.73. The fraction of sp³-hybridized carbons (Fsp3) is 0.200. The molecule has 0 saturated carbocycles. The summed E-state index contributed by atoms with van der Waals surface area (Å²) in [5, 5.41) is 10.9. The maximum atomic E-state index is 12.8. The number of sulfonamides is 1. The Morgan fingerprint density at radius 1 is 1.08 bits per heavy atom. The van der Waals surface area contributed by atoms with E-state index in [1.807, 2.05) is 0 Å². The van der Waals surface area contributed by atoms with Crippen LogP contribution in [0.5, 0.6) is 11.5 Å². The molecule has 24 heavy (non-hydrogen) atoms. The molecule has 0 spiro atoms. The maximum Gasteiger partial charge on any atom is 0.270 e. The lowest BCUT2D eigenvalue weighted by atomic mass is 10.3. The molecule has 0 aromatic heterocycles. The van der Waals surface area contributed by atoms with E-state index in [-0.39, 0.29) is 16.3 Å². The summed E-state index contributed by atoms with van der Waals surface area (Å²) in [6.07, 6.45) is 0. The van der Waals surface area contributed by atoms with Crippen LogP contribution in [0.2, 0.25) is 0 Å². The molecule has 9 heteroatoms. The van der Waals surface area contributed by atoms with E-state index >= 15 is 0 Å². The average molecular weight is 352 g/mol. The highest BCUT2D eigenvalue weighted by Gasteiger charge is 2.26. The van der Waals surface area contributed by atoms with E-state index in [9.17, 15) is 18.5 Å². The van der Waals surface area contributed by atoms with E-state index in [1.54, 1.807) is 12.1 Å². The molecule has 128 valence electrons.